The molecule has 1 fully saturated rings. The van der Waals surface area contributed by atoms with E-state index >= 15 is 0 Å². The summed E-state index contributed by atoms with van der Waals surface area (Å²) in [4.78, 5) is 41.9. The van der Waals surface area contributed by atoms with Gasteiger partial charge in [0.1, 0.15) is 11.9 Å². The van der Waals surface area contributed by atoms with E-state index in [1.54, 1.807) is 23.5 Å². The number of nitrogen functional groups attached to an aromatic ring is 1. The summed E-state index contributed by atoms with van der Waals surface area (Å²) >= 11 is 0. The van der Waals surface area contributed by atoms with Crippen molar-refractivity contribution in [3.63, 3.8) is 0 Å². The highest BCUT2D eigenvalue weighted by atomic mass is 16.2. The molecular formula is C19H22N6O3. The van der Waals surface area contributed by atoms with Crippen LogP contribution >= 0.6 is 0 Å². The molecule has 3 heterocycles. The van der Waals surface area contributed by atoms with E-state index in [2.05, 4.69) is 15.6 Å². The number of nitrogens with one attached hydrogen (secondary N) is 2. The number of benzene rings is 1. The SMILES string of the molecule is Nc1cn(CCCNc2cccc3c2CN(C2CCC(=O)NC2=O)C3=O)cn1. The third kappa shape index (κ3) is 3.42. The fraction of sp³-hybridized carbons (Fsp3) is 0.368. The van der Waals surface area contributed by atoms with Crippen LogP contribution in [0.3, 0.4) is 0 Å². The Kier molecular flexibility index (Phi) is 4.72. The molecule has 2 aliphatic heterocycles. The number of hydrogen-bond acceptors (Lipinski definition) is 6. The van der Waals surface area contributed by atoms with Gasteiger partial charge >= 0.3 is 0 Å². The Hall–Kier alpha value is -3.36. The summed E-state index contributed by atoms with van der Waals surface area (Å²) in [7, 11) is 0. The Morgan fingerprint density at radius 3 is 2.89 bits per heavy atom. The minimum Gasteiger partial charge on any atom is -0.385 e. The number of aryl methyl sites for hydroxylation is 1. The number of imidazole rings is 1. The third-order valence-electron chi connectivity index (χ3n) is 5.14. The molecule has 1 aromatic carbocycles. The highest BCUT2D eigenvalue weighted by Crippen LogP contribution is 2.32. The van der Waals surface area contributed by atoms with Crippen LogP contribution in [-0.4, -0.2) is 44.8 Å². The van der Waals surface area contributed by atoms with Crippen LogP contribution in [0.15, 0.2) is 30.7 Å². The highest BCUT2D eigenvalue weighted by Gasteiger charge is 2.39. The van der Waals surface area contributed by atoms with Crippen LogP contribution in [0.4, 0.5) is 11.5 Å². The summed E-state index contributed by atoms with van der Waals surface area (Å²) in [5.41, 5.74) is 8.00. The van der Waals surface area contributed by atoms with Crippen molar-refractivity contribution in [2.75, 3.05) is 17.6 Å². The van der Waals surface area contributed by atoms with Gasteiger partial charge in [0.2, 0.25) is 11.8 Å². The first kappa shape index (κ1) is 18.0. The number of nitrogens with two attached hydrogens (primary N) is 1. The van der Waals surface area contributed by atoms with E-state index in [0.29, 0.717) is 24.3 Å². The molecule has 0 aliphatic carbocycles. The number of carbonyl (C=O) groups is 3. The molecule has 4 rings (SSSR count). The van der Waals surface area contributed by atoms with Gasteiger partial charge < -0.3 is 20.5 Å². The van der Waals surface area contributed by atoms with Crippen LogP contribution in [0.2, 0.25) is 0 Å². The molecule has 0 radical (unpaired) electrons. The number of piperidine rings is 1. The summed E-state index contributed by atoms with van der Waals surface area (Å²) in [6.07, 6.45) is 4.97. The number of fused-ring (bicyclic) bond motifs is 1. The van der Waals surface area contributed by atoms with E-state index < -0.39 is 11.9 Å². The number of imide groups is 1. The fourth-order valence-corrected chi connectivity index (χ4v) is 3.74. The van der Waals surface area contributed by atoms with Crippen LogP contribution < -0.4 is 16.4 Å². The van der Waals surface area contributed by atoms with E-state index in [1.807, 2.05) is 16.7 Å². The summed E-state index contributed by atoms with van der Waals surface area (Å²) in [6.45, 7) is 1.87. The monoisotopic (exact) mass is 382 g/mol. The maximum Gasteiger partial charge on any atom is 0.255 e. The van der Waals surface area contributed by atoms with Gasteiger partial charge in [-0.1, -0.05) is 6.07 Å². The van der Waals surface area contributed by atoms with E-state index in [1.165, 1.54) is 0 Å². The molecule has 1 saturated heterocycles. The van der Waals surface area contributed by atoms with E-state index in [4.69, 9.17) is 5.73 Å². The van der Waals surface area contributed by atoms with Crippen molar-refractivity contribution in [2.45, 2.75) is 38.4 Å². The normalized spacial score (nSPS) is 18.9. The molecular weight excluding hydrogens is 360 g/mol. The number of aromatic nitrogens is 2. The van der Waals surface area contributed by atoms with Crippen molar-refractivity contribution in [3.8, 4) is 0 Å². The average Bonchev–Trinajstić information content (AvgIpc) is 3.23. The van der Waals surface area contributed by atoms with Crippen molar-refractivity contribution >= 4 is 29.2 Å². The zero-order valence-corrected chi connectivity index (χ0v) is 15.4. The topological polar surface area (TPSA) is 122 Å². The first-order valence-electron chi connectivity index (χ1n) is 9.30. The molecule has 2 aliphatic rings. The molecule has 1 unspecified atom stereocenters. The molecule has 1 atom stereocenters. The number of anilines is 2. The molecule has 0 bridgehead atoms. The highest BCUT2D eigenvalue weighted by molar-refractivity contribution is 6.06. The Morgan fingerprint density at radius 1 is 1.29 bits per heavy atom. The minimum atomic E-state index is -0.600. The first-order chi connectivity index (χ1) is 13.5. The second-order valence-corrected chi connectivity index (χ2v) is 7.05. The van der Waals surface area contributed by atoms with E-state index in [-0.39, 0.29) is 18.2 Å². The lowest BCUT2D eigenvalue weighted by Gasteiger charge is -2.29. The van der Waals surface area contributed by atoms with Crippen molar-refractivity contribution in [3.05, 3.63) is 41.9 Å². The Morgan fingerprint density at radius 2 is 2.14 bits per heavy atom. The van der Waals surface area contributed by atoms with Gasteiger partial charge in [-0.15, -0.1) is 0 Å². The van der Waals surface area contributed by atoms with Crippen LogP contribution in [0.5, 0.6) is 0 Å². The van der Waals surface area contributed by atoms with Crippen molar-refractivity contribution in [1.82, 2.24) is 19.8 Å². The maximum atomic E-state index is 12.8. The van der Waals surface area contributed by atoms with Gasteiger partial charge in [-0.2, -0.15) is 0 Å². The van der Waals surface area contributed by atoms with E-state index in [9.17, 15) is 14.4 Å². The molecule has 28 heavy (non-hydrogen) atoms. The predicted octanol–water partition coefficient (Wildman–Crippen LogP) is 0.728. The molecule has 9 heteroatoms. The van der Waals surface area contributed by atoms with Gasteiger partial charge in [-0.3, -0.25) is 19.7 Å². The summed E-state index contributed by atoms with van der Waals surface area (Å²) in [6, 6.07) is 4.96. The van der Waals surface area contributed by atoms with Gasteiger partial charge in [0.15, 0.2) is 0 Å². The molecule has 0 spiro atoms. The molecule has 146 valence electrons. The van der Waals surface area contributed by atoms with Gasteiger partial charge in [-0.25, -0.2) is 4.98 Å². The number of carbonyl (C=O) groups excluding carboxylic acids is 3. The van der Waals surface area contributed by atoms with Gasteiger partial charge in [-0.05, 0) is 25.0 Å². The quantitative estimate of drug-likeness (QED) is 0.500. The largest absolute Gasteiger partial charge is 0.385 e. The molecule has 1 aromatic heterocycles. The summed E-state index contributed by atoms with van der Waals surface area (Å²) < 4.78 is 1.93. The van der Waals surface area contributed by atoms with Crippen LogP contribution in [0, 0.1) is 0 Å². The second kappa shape index (κ2) is 7.34. The van der Waals surface area contributed by atoms with Crippen molar-refractivity contribution in [1.29, 1.82) is 0 Å². The second-order valence-electron chi connectivity index (χ2n) is 7.05. The standard InChI is InChI=1S/C19H22N6O3/c20-16-10-24(11-22-16)8-2-7-21-14-4-1-3-12-13(14)9-25(19(12)28)15-5-6-17(26)23-18(15)27/h1,3-4,10-11,15,21H,2,5-9,20H2,(H,23,26,27). The number of amides is 3. The Labute approximate surface area is 161 Å². The zero-order chi connectivity index (χ0) is 19.7. The van der Waals surface area contributed by atoms with E-state index in [0.717, 1.165) is 30.8 Å². The average molecular weight is 382 g/mol. The summed E-state index contributed by atoms with van der Waals surface area (Å²) in [5.74, 6) is -0.345. The Balaban J connectivity index is 1.41. The predicted molar refractivity (Wildman–Crippen MR) is 102 cm³/mol. The lowest BCUT2D eigenvalue weighted by molar-refractivity contribution is -0.136. The van der Waals surface area contributed by atoms with Crippen molar-refractivity contribution in [2.24, 2.45) is 0 Å². The fourth-order valence-electron chi connectivity index (χ4n) is 3.74. The van der Waals surface area contributed by atoms with Gasteiger partial charge in [0.25, 0.3) is 5.91 Å². The van der Waals surface area contributed by atoms with Gasteiger partial charge in [0, 0.05) is 49.1 Å². The first-order valence-corrected chi connectivity index (χ1v) is 9.30. The van der Waals surface area contributed by atoms with Gasteiger partial charge in [0.05, 0.1) is 6.33 Å². The Bertz CT molecular complexity index is 938. The lowest BCUT2D eigenvalue weighted by Crippen LogP contribution is -2.52. The van der Waals surface area contributed by atoms with Crippen molar-refractivity contribution < 1.29 is 14.4 Å². The minimum absolute atomic E-state index is 0.165. The number of hydrogen-bond donors (Lipinski definition) is 3. The number of nitrogens with zero attached hydrogens (tertiary/aromatic N) is 3. The zero-order valence-electron chi connectivity index (χ0n) is 15.4. The van der Waals surface area contributed by atoms with Crippen LogP contribution in [0.25, 0.3) is 0 Å². The molecule has 9 nitrogen and oxygen atoms in total. The maximum absolute atomic E-state index is 12.8. The number of rotatable bonds is 6. The molecule has 2 aromatic rings. The van der Waals surface area contributed by atoms with Crippen LogP contribution in [0.1, 0.15) is 35.2 Å². The smallest absolute Gasteiger partial charge is 0.255 e. The van der Waals surface area contributed by atoms with Crippen LogP contribution in [-0.2, 0) is 22.7 Å². The molecule has 0 saturated carbocycles. The molecule has 4 N–H and O–H groups in total. The third-order valence-corrected chi connectivity index (χ3v) is 5.14. The molecule has 3 amide bonds. The summed E-state index contributed by atoms with van der Waals surface area (Å²) in [5, 5.41) is 5.71. The lowest BCUT2D eigenvalue weighted by atomic mass is 10.0.